The first-order valence-electron chi connectivity index (χ1n) is 11.6. The van der Waals surface area contributed by atoms with Crippen molar-refractivity contribution in [2.75, 3.05) is 24.3 Å². The van der Waals surface area contributed by atoms with Gasteiger partial charge in [-0.1, -0.05) is 30.0 Å². The molecule has 9 heteroatoms. The number of thiophene rings is 1. The maximum absolute atomic E-state index is 13.7. The number of aromatic nitrogens is 2. The zero-order chi connectivity index (χ0) is 23.8. The molecule has 2 aliphatic rings. The standard InChI is InChI=1S/C26H23N3O4S2/c30-22(27-16-10-11-19-20(14-16)33-13-12-32-19)15-34-26-28-24-23(18-8-4-5-9-21(18)35-24)25(31)29(26)17-6-2-1-3-7-17/h1-3,6-7,10-11,14H,4-5,8-9,12-13,15H2,(H,27,30). The number of fused-ring (bicyclic) bond motifs is 4. The Balaban J connectivity index is 1.30. The van der Waals surface area contributed by atoms with Gasteiger partial charge in [-0.2, -0.15) is 0 Å². The molecule has 7 nitrogen and oxygen atoms in total. The van der Waals surface area contributed by atoms with Crippen molar-refractivity contribution in [2.24, 2.45) is 0 Å². The Morgan fingerprint density at radius 2 is 1.86 bits per heavy atom. The molecule has 1 N–H and O–H groups in total. The topological polar surface area (TPSA) is 82.5 Å². The molecule has 1 aliphatic carbocycles. The monoisotopic (exact) mass is 505 g/mol. The first kappa shape index (κ1) is 22.2. The largest absolute Gasteiger partial charge is 0.486 e. The highest BCUT2D eigenvalue weighted by atomic mass is 32.2. The Bertz CT molecular complexity index is 1480. The summed E-state index contributed by atoms with van der Waals surface area (Å²) in [5.74, 6) is 1.22. The van der Waals surface area contributed by atoms with Gasteiger partial charge in [0.05, 0.1) is 16.8 Å². The van der Waals surface area contributed by atoms with E-state index in [1.807, 2.05) is 30.3 Å². The van der Waals surface area contributed by atoms with Crippen LogP contribution >= 0.6 is 23.1 Å². The molecular weight excluding hydrogens is 482 g/mol. The number of hydrogen-bond acceptors (Lipinski definition) is 7. The molecule has 0 unspecified atom stereocenters. The Kier molecular flexibility index (Phi) is 5.95. The number of hydrogen-bond donors (Lipinski definition) is 1. The third-order valence-electron chi connectivity index (χ3n) is 6.13. The van der Waals surface area contributed by atoms with E-state index in [4.69, 9.17) is 14.5 Å². The number of ether oxygens (including phenoxy) is 2. The van der Waals surface area contributed by atoms with Crippen LogP contribution in [0, 0.1) is 0 Å². The summed E-state index contributed by atoms with van der Waals surface area (Å²) >= 11 is 2.88. The molecule has 0 spiro atoms. The minimum absolute atomic E-state index is 0.0599. The van der Waals surface area contributed by atoms with Gasteiger partial charge in [0.1, 0.15) is 18.0 Å². The van der Waals surface area contributed by atoms with E-state index in [0.717, 1.165) is 47.2 Å². The molecule has 4 aromatic rings. The van der Waals surface area contributed by atoms with Crippen LogP contribution in [0.1, 0.15) is 23.3 Å². The van der Waals surface area contributed by atoms with E-state index in [9.17, 15) is 9.59 Å². The van der Waals surface area contributed by atoms with Gasteiger partial charge in [0, 0.05) is 16.6 Å². The van der Waals surface area contributed by atoms with E-state index in [1.54, 1.807) is 34.1 Å². The summed E-state index contributed by atoms with van der Waals surface area (Å²) in [4.78, 5) is 33.5. The van der Waals surface area contributed by atoms with Gasteiger partial charge in [0.15, 0.2) is 16.7 Å². The smallest absolute Gasteiger partial charge is 0.267 e. The zero-order valence-corrected chi connectivity index (χ0v) is 20.5. The lowest BCUT2D eigenvalue weighted by molar-refractivity contribution is -0.113. The Morgan fingerprint density at radius 1 is 1.06 bits per heavy atom. The van der Waals surface area contributed by atoms with E-state index in [1.165, 1.54) is 16.6 Å². The van der Waals surface area contributed by atoms with Crippen LogP contribution in [0.4, 0.5) is 5.69 Å². The van der Waals surface area contributed by atoms with Crippen molar-refractivity contribution < 1.29 is 14.3 Å². The van der Waals surface area contributed by atoms with E-state index in [-0.39, 0.29) is 17.2 Å². The van der Waals surface area contributed by atoms with Gasteiger partial charge in [-0.15, -0.1) is 11.3 Å². The van der Waals surface area contributed by atoms with Crippen LogP contribution in [0.3, 0.4) is 0 Å². The van der Waals surface area contributed by atoms with Crippen LogP contribution in [-0.2, 0) is 17.6 Å². The summed E-state index contributed by atoms with van der Waals surface area (Å²) in [6.07, 6.45) is 4.17. The zero-order valence-electron chi connectivity index (χ0n) is 18.9. The molecule has 0 saturated carbocycles. The number of carbonyl (C=O) groups is 1. The van der Waals surface area contributed by atoms with Crippen molar-refractivity contribution in [1.82, 2.24) is 9.55 Å². The summed E-state index contributed by atoms with van der Waals surface area (Å²) in [6.45, 7) is 1.00. The highest BCUT2D eigenvalue weighted by Crippen LogP contribution is 2.36. The number of rotatable bonds is 5. The molecule has 0 saturated heterocycles. The number of anilines is 1. The van der Waals surface area contributed by atoms with Crippen LogP contribution in [0.2, 0.25) is 0 Å². The van der Waals surface area contributed by atoms with E-state index in [0.29, 0.717) is 35.6 Å². The molecule has 1 aliphatic heterocycles. The number of nitrogens with zero attached hydrogens (tertiary/aromatic N) is 2. The number of carbonyl (C=O) groups excluding carboxylic acids is 1. The number of para-hydroxylation sites is 1. The SMILES string of the molecule is O=C(CSc1nc2sc3c(c2c(=O)n1-c1ccccc1)CCCC3)Nc1ccc2c(c1)OCCO2. The van der Waals surface area contributed by atoms with Gasteiger partial charge in [-0.05, 0) is 55.5 Å². The predicted octanol–water partition coefficient (Wildman–Crippen LogP) is 4.83. The van der Waals surface area contributed by atoms with Gasteiger partial charge in [0.25, 0.3) is 5.56 Å². The minimum Gasteiger partial charge on any atom is -0.486 e. The minimum atomic E-state index is -0.189. The molecule has 35 heavy (non-hydrogen) atoms. The molecule has 0 fully saturated rings. The molecule has 6 rings (SSSR count). The number of nitrogens with one attached hydrogen (secondary N) is 1. The summed E-state index contributed by atoms with van der Waals surface area (Å²) in [7, 11) is 0. The van der Waals surface area contributed by atoms with Gasteiger partial charge in [-0.3, -0.25) is 14.2 Å². The molecule has 2 aromatic carbocycles. The van der Waals surface area contributed by atoms with Crippen LogP contribution in [0.25, 0.3) is 15.9 Å². The maximum Gasteiger partial charge on any atom is 0.267 e. The van der Waals surface area contributed by atoms with Crippen molar-refractivity contribution in [3.8, 4) is 17.2 Å². The predicted molar refractivity (Wildman–Crippen MR) is 139 cm³/mol. The van der Waals surface area contributed by atoms with Crippen molar-refractivity contribution >= 4 is 44.9 Å². The quantitative estimate of drug-likeness (QED) is 0.309. The number of thioether (sulfide) groups is 1. The van der Waals surface area contributed by atoms with Crippen molar-refractivity contribution in [3.05, 3.63) is 69.3 Å². The maximum atomic E-state index is 13.7. The van der Waals surface area contributed by atoms with Crippen LogP contribution in [0.15, 0.2) is 58.5 Å². The molecule has 178 valence electrons. The van der Waals surface area contributed by atoms with Gasteiger partial charge < -0.3 is 14.8 Å². The number of amides is 1. The van der Waals surface area contributed by atoms with Crippen LogP contribution in [0.5, 0.6) is 11.5 Å². The second kappa shape index (κ2) is 9.39. The molecule has 3 heterocycles. The highest BCUT2D eigenvalue weighted by Gasteiger charge is 2.23. The summed E-state index contributed by atoms with van der Waals surface area (Å²) in [6, 6.07) is 14.9. The van der Waals surface area contributed by atoms with E-state index < -0.39 is 0 Å². The molecule has 2 aromatic heterocycles. The molecule has 0 radical (unpaired) electrons. The van der Waals surface area contributed by atoms with E-state index >= 15 is 0 Å². The van der Waals surface area contributed by atoms with E-state index in [2.05, 4.69) is 5.32 Å². The Labute approximate surface area is 210 Å². The van der Waals surface area contributed by atoms with Crippen molar-refractivity contribution in [2.45, 2.75) is 30.8 Å². The number of benzene rings is 2. The second-order valence-electron chi connectivity index (χ2n) is 8.46. The summed E-state index contributed by atoms with van der Waals surface area (Å²) in [5.41, 5.74) is 2.48. The molecule has 0 atom stereocenters. The average molecular weight is 506 g/mol. The molecule has 1 amide bonds. The summed E-state index contributed by atoms with van der Waals surface area (Å²) < 4.78 is 12.8. The fourth-order valence-corrected chi connectivity index (χ4v) is 6.65. The van der Waals surface area contributed by atoms with Crippen molar-refractivity contribution in [1.29, 1.82) is 0 Å². The molecular formula is C26H23N3O4S2. The fraction of sp³-hybridized carbons (Fsp3) is 0.269. The third kappa shape index (κ3) is 4.30. The van der Waals surface area contributed by atoms with Gasteiger partial charge in [-0.25, -0.2) is 4.98 Å². The first-order valence-corrected chi connectivity index (χ1v) is 13.4. The van der Waals surface area contributed by atoms with Gasteiger partial charge >= 0.3 is 0 Å². The Morgan fingerprint density at radius 3 is 2.71 bits per heavy atom. The van der Waals surface area contributed by atoms with Crippen LogP contribution < -0.4 is 20.3 Å². The lowest BCUT2D eigenvalue weighted by Gasteiger charge is -2.19. The summed E-state index contributed by atoms with van der Waals surface area (Å²) in [5, 5.41) is 4.16. The highest BCUT2D eigenvalue weighted by molar-refractivity contribution is 7.99. The fourth-order valence-electron chi connectivity index (χ4n) is 4.54. The molecule has 0 bridgehead atoms. The van der Waals surface area contributed by atoms with Crippen LogP contribution in [-0.4, -0.2) is 34.4 Å². The normalized spacial score (nSPS) is 14.5. The lowest BCUT2D eigenvalue weighted by atomic mass is 9.97. The van der Waals surface area contributed by atoms with Crippen molar-refractivity contribution in [3.63, 3.8) is 0 Å². The second-order valence-corrected chi connectivity index (χ2v) is 10.5. The lowest BCUT2D eigenvalue weighted by Crippen LogP contribution is -2.23. The third-order valence-corrected chi connectivity index (χ3v) is 8.26. The Hall–Kier alpha value is -3.30. The first-order chi connectivity index (χ1) is 17.2. The average Bonchev–Trinajstić information content (AvgIpc) is 3.27. The number of aryl methyl sites for hydroxylation is 2. The van der Waals surface area contributed by atoms with Gasteiger partial charge in [0.2, 0.25) is 5.91 Å².